The Morgan fingerprint density at radius 1 is 1.15 bits per heavy atom. The number of anilines is 1. The smallest absolute Gasteiger partial charge is 0.275 e. The number of oxazole rings is 1. The first-order valence-electron chi connectivity index (χ1n) is 9.19. The summed E-state index contributed by atoms with van der Waals surface area (Å²) in [6.07, 6.45) is 6.09. The molecule has 0 unspecified atom stereocenters. The molecule has 0 radical (unpaired) electrons. The molecule has 6 heteroatoms. The SMILES string of the molecule is Nc1ccc(-c2nc(C(=O)N3CCC(Cc4ccccc4)CC3)co2)cn1. The fourth-order valence-corrected chi connectivity index (χ4v) is 3.49. The van der Waals surface area contributed by atoms with Gasteiger partial charge in [0.05, 0.1) is 5.56 Å². The van der Waals surface area contributed by atoms with Gasteiger partial charge in [0.2, 0.25) is 5.89 Å². The Morgan fingerprint density at radius 2 is 1.93 bits per heavy atom. The molecule has 4 rings (SSSR count). The summed E-state index contributed by atoms with van der Waals surface area (Å²) < 4.78 is 5.46. The minimum atomic E-state index is -0.0773. The highest BCUT2D eigenvalue weighted by Gasteiger charge is 2.26. The van der Waals surface area contributed by atoms with E-state index in [-0.39, 0.29) is 5.91 Å². The summed E-state index contributed by atoms with van der Waals surface area (Å²) in [5, 5.41) is 0. The molecule has 1 amide bonds. The third-order valence-electron chi connectivity index (χ3n) is 5.03. The van der Waals surface area contributed by atoms with Gasteiger partial charge in [0, 0.05) is 19.3 Å². The molecule has 1 fully saturated rings. The Labute approximate surface area is 158 Å². The number of nitrogens with two attached hydrogens (primary N) is 1. The molecular formula is C21H22N4O2. The zero-order chi connectivity index (χ0) is 18.6. The van der Waals surface area contributed by atoms with Gasteiger partial charge in [-0.2, -0.15) is 0 Å². The van der Waals surface area contributed by atoms with Gasteiger partial charge in [0.25, 0.3) is 5.91 Å². The van der Waals surface area contributed by atoms with Crippen molar-refractivity contribution in [2.45, 2.75) is 19.3 Å². The van der Waals surface area contributed by atoms with Crippen LogP contribution in [0.1, 0.15) is 28.9 Å². The van der Waals surface area contributed by atoms with Crippen molar-refractivity contribution in [3.63, 3.8) is 0 Å². The second kappa shape index (κ2) is 7.61. The summed E-state index contributed by atoms with van der Waals surface area (Å²) in [6.45, 7) is 1.50. The monoisotopic (exact) mass is 362 g/mol. The van der Waals surface area contributed by atoms with Crippen LogP contribution in [0.2, 0.25) is 0 Å². The van der Waals surface area contributed by atoms with E-state index in [0.29, 0.717) is 28.9 Å². The van der Waals surface area contributed by atoms with Crippen molar-refractivity contribution in [3.05, 3.63) is 66.2 Å². The minimum Gasteiger partial charge on any atom is -0.444 e. The fourth-order valence-electron chi connectivity index (χ4n) is 3.49. The lowest BCUT2D eigenvalue weighted by molar-refractivity contribution is 0.0684. The Hall–Kier alpha value is -3.15. The molecule has 0 bridgehead atoms. The standard InChI is InChI=1S/C21H22N4O2/c22-19-7-6-17(13-23-19)20-24-18(14-27-20)21(26)25-10-8-16(9-11-25)12-15-4-2-1-3-5-15/h1-7,13-14,16H,8-12H2,(H2,22,23). The third-order valence-corrected chi connectivity index (χ3v) is 5.03. The van der Waals surface area contributed by atoms with Crippen LogP contribution in [0.25, 0.3) is 11.5 Å². The number of amides is 1. The number of rotatable bonds is 4. The van der Waals surface area contributed by atoms with Gasteiger partial charge in [0.1, 0.15) is 12.1 Å². The van der Waals surface area contributed by atoms with Gasteiger partial charge >= 0.3 is 0 Å². The Bertz CT molecular complexity index is 897. The lowest BCUT2D eigenvalue weighted by atomic mass is 9.90. The molecule has 1 saturated heterocycles. The van der Waals surface area contributed by atoms with Gasteiger partial charge in [-0.1, -0.05) is 30.3 Å². The summed E-state index contributed by atoms with van der Waals surface area (Å²) in [6, 6.07) is 14.0. The number of carbonyl (C=O) groups is 1. The van der Waals surface area contributed by atoms with E-state index in [9.17, 15) is 4.79 Å². The summed E-state index contributed by atoms with van der Waals surface area (Å²) in [7, 11) is 0. The number of carbonyl (C=O) groups excluding carboxylic acids is 1. The van der Waals surface area contributed by atoms with E-state index in [1.165, 1.54) is 11.8 Å². The maximum Gasteiger partial charge on any atom is 0.275 e. The molecule has 6 nitrogen and oxygen atoms in total. The molecule has 138 valence electrons. The first kappa shape index (κ1) is 17.3. The number of piperidine rings is 1. The molecular weight excluding hydrogens is 340 g/mol. The average molecular weight is 362 g/mol. The molecule has 0 aliphatic carbocycles. The van der Waals surface area contributed by atoms with E-state index in [1.54, 1.807) is 18.3 Å². The molecule has 1 aromatic carbocycles. The van der Waals surface area contributed by atoms with Crippen molar-refractivity contribution in [3.8, 4) is 11.5 Å². The molecule has 1 aliphatic rings. The first-order chi connectivity index (χ1) is 13.2. The molecule has 2 N–H and O–H groups in total. The largest absolute Gasteiger partial charge is 0.444 e. The first-order valence-corrected chi connectivity index (χ1v) is 9.19. The van der Waals surface area contributed by atoms with Crippen molar-refractivity contribution >= 4 is 11.7 Å². The third kappa shape index (κ3) is 4.00. The molecule has 0 saturated carbocycles. The maximum absolute atomic E-state index is 12.7. The van der Waals surface area contributed by atoms with Crippen molar-refractivity contribution in [1.82, 2.24) is 14.9 Å². The van der Waals surface area contributed by atoms with E-state index in [2.05, 4.69) is 34.2 Å². The van der Waals surface area contributed by atoms with Crippen LogP contribution in [0.5, 0.6) is 0 Å². The van der Waals surface area contributed by atoms with E-state index < -0.39 is 0 Å². The minimum absolute atomic E-state index is 0.0773. The van der Waals surface area contributed by atoms with Crippen LogP contribution < -0.4 is 5.73 Å². The van der Waals surface area contributed by atoms with Crippen LogP contribution in [-0.4, -0.2) is 33.9 Å². The molecule has 2 aromatic heterocycles. The van der Waals surface area contributed by atoms with E-state index in [1.807, 2.05) is 11.0 Å². The second-order valence-electron chi connectivity index (χ2n) is 6.93. The zero-order valence-electron chi connectivity index (χ0n) is 15.0. The van der Waals surface area contributed by atoms with Crippen molar-refractivity contribution in [2.24, 2.45) is 5.92 Å². The molecule has 1 aliphatic heterocycles. The van der Waals surface area contributed by atoms with Gasteiger partial charge in [-0.15, -0.1) is 0 Å². The van der Waals surface area contributed by atoms with Gasteiger partial charge in [-0.25, -0.2) is 9.97 Å². The van der Waals surface area contributed by atoms with Gasteiger partial charge in [-0.3, -0.25) is 4.79 Å². The van der Waals surface area contributed by atoms with Crippen molar-refractivity contribution in [1.29, 1.82) is 0 Å². The number of hydrogen-bond acceptors (Lipinski definition) is 5. The molecule has 0 spiro atoms. The number of pyridine rings is 1. The second-order valence-corrected chi connectivity index (χ2v) is 6.93. The molecule has 3 heterocycles. The Kier molecular flexibility index (Phi) is 4.87. The van der Waals surface area contributed by atoms with E-state index in [4.69, 9.17) is 10.2 Å². The fraction of sp³-hybridized carbons (Fsp3) is 0.286. The predicted octanol–water partition coefficient (Wildman–Crippen LogP) is 3.41. The highest BCUT2D eigenvalue weighted by Crippen LogP contribution is 2.24. The highest BCUT2D eigenvalue weighted by molar-refractivity contribution is 5.92. The van der Waals surface area contributed by atoms with Crippen LogP contribution in [0.15, 0.2) is 59.3 Å². The quantitative estimate of drug-likeness (QED) is 0.769. The lowest BCUT2D eigenvalue weighted by Crippen LogP contribution is -2.39. The molecule has 0 atom stereocenters. The molecule has 3 aromatic rings. The number of hydrogen-bond donors (Lipinski definition) is 1. The Balaban J connectivity index is 1.36. The zero-order valence-corrected chi connectivity index (χ0v) is 15.0. The van der Waals surface area contributed by atoms with Crippen molar-refractivity contribution < 1.29 is 9.21 Å². The van der Waals surface area contributed by atoms with Crippen LogP contribution in [0, 0.1) is 5.92 Å². The predicted molar refractivity (Wildman–Crippen MR) is 103 cm³/mol. The van der Waals surface area contributed by atoms with E-state index >= 15 is 0 Å². The lowest BCUT2D eigenvalue weighted by Gasteiger charge is -2.31. The number of nitrogens with zero attached hydrogens (tertiary/aromatic N) is 3. The molecule has 27 heavy (non-hydrogen) atoms. The van der Waals surface area contributed by atoms with Crippen LogP contribution in [0.4, 0.5) is 5.82 Å². The van der Waals surface area contributed by atoms with Crippen LogP contribution >= 0.6 is 0 Å². The topological polar surface area (TPSA) is 85.2 Å². The number of likely N-dealkylation sites (tertiary alicyclic amines) is 1. The normalized spacial score (nSPS) is 15.0. The summed E-state index contributed by atoms with van der Waals surface area (Å²) in [4.78, 5) is 23.0. The number of benzene rings is 1. The van der Waals surface area contributed by atoms with E-state index in [0.717, 1.165) is 32.4 Å². The van der Waals surface area contributed by atoms with Gasteiger partial charge < -0.3 is 15.1 Å². The maximum atomic E-state index is 12.7. The number of nitrogen functional groups attached to an aromatic ring is 1. The van der Waals surface area contributed by atoms with Crippen molar-refractivity contribution in [2.75, 3.05) is 18.8 Å². The summed E-state index contributed by atoms with van der Waals surface area (Å²) in [5.41, 5.74) is 7.99. The average Bonchev–Trinajstić information content (AvgIpc) is 3.20. The van der Waals surface area contributed by atoms with Crippen LogP contribution in [0.3, 0.4) is 0 Å². The Morgan fingerprint density at radius 3 is 2.63 bits per heavy atom. The highest BCUT2D eigenvalue weighted by atomic mass is 16.3. The van der Waals surface area contributed by atoms with Crippen LogP contribution in [-0.2, 0) is 6.42 Å². The van der Waals surface area contributed by atoms with Gasteiger partial charge in [-0.05, 0) is 42.9 Å². The number of aromatic nitrogens is 2. The van der Waals surface area contributed by atoms with Gasteiger partial charge in [0.15, 0.2) is 5.69 Å². The summed E-state index contributed by atoms with van der Waals surface area (Å²) in [5.74, 6) is 1.35. The summed E-state index contributed by atoms with van der Waals surface area (Å²) >= 11 is 0.